The van der Waals surface area contributed by atoms with Crippen molar-refractivity contribution in [2.45, 2.75) is 25.6 Å². The Labute approximate surface area is 119 Å². The van der Waals surface area contributed by atoms with Gasteiger partial charge in [0.1, 0.15) is 0 Å². The first-order valence-corrected chi connectivity index (χ1v) is 6.90. The molecule has 0 amide bonds. The van der Waals surface area contributed by atoms with Gasteiger partial charge in [0, 0.05) is 9.75 Å². The first-order valence-electron chi connectivity index (χ1n) is 6.09. The van der Waals surface area contributed by atoms with Crippen LogP contribution in [0.5, 0.6) is 0 Å². The summed E-state index contributed by atoms with van der Waals surface area (Å²) in [4.78, 5) is 2.16. The van der Waals surface area contributed by atoms with Crippen LogP contribution in [0, 0.1) is 6.92 Å². The van der Waals surface area contributed by atoms with Crippen LogP contribution in [0.4, 0.5) is 13.2 Å². The summed E-state index contributed by atoms with van der Waals surface area (Å²) in [6.07, 6.45) is -3.90. The lowest BCUT2D eigenvalue weighted by atomic mass is 10.0. The molecule has 2 nitrogen and oxygen atoms in total. The number of thiophene rings is 1. The van der Waals surface area contributed by atoms with Crippen LogP contribution in [-0.2, 0) is 12.6 Å². The number of rotatable bonds is 4. The summed E-state index contributed by atoms with van der Waals surface area (Å²) in [6.45, 7) is 1.98. The smallest absolute Gasteiger partial charge is 0.271 e. The largest absolute Gasteiger partial charge is 0.416 e. The SMILES string of the molecule is Cc1ccc(C(Cc2cccc(C(F)(F)F)c2)NN)s1. The van der Waals surface area contributed by atoms with E-state index in [9.17, 15) is 13.2 Å². The molecule has 0 aliphatic carbocycles. The summed E-state index contributed by atoms with van der Waals surface area (Å²) in [5.74, 6) is 5.52. The maximum Gasteiger partial charge on any atom is 0.416 e. The van der Waals surface area contributed by atoms with Gasteiger partial charge in [-0.25, -0.2) is 0 Å². The molecule has 3 N–H and O–H groups in total. The average Bonchev–Trinajstić information content (AvgIpc) is 2.82. The van der Waals surface area contributed by atoms with Gasteiger partial charge in [-0.15, -0.1) is 11.3 Å². The van der Waals surface area contributed by atoms with Crippen LogP contribution < -0.4 is 11.3 Å². The molecule has 1 aromatic carbocycles. The van der Waals surface area contributed by atoms with Gasteiger partial charge in [0.15, 0.2) is 0 Å². The van der Waals surface area contributed by atoms with E-state index in [4.69, 9.17) is 5.84 Å². The van der Waals surface area contributed by atoms with E-state index in [1.54, 1.807) is 17.4 Å². The minimum Gasteiger partial charge on any atom is -0.271 e. The Bertz CT molecular complexity index is 578. The average molecular weight is 300 g/mol. The van der Waals surface area contributed by atoms with E-state index in [0.717, 1.165) is 15.8 Å². The van der Waals surface area contributed by atoms with E-state index < -0.39 is 11.7 Å². The number of aryl methyl sites for hydroxylation is 1. The number of benzene rings is 1. The number of hydrogen-bond donors (Lipinski definition) is 2. The lowest BCUT2D eigenvalue weighted by molar-refractivity contribution is -0.137. The molecule has 2 rings (SSSR count). The number of alkyl halides is 3. The maximum atomic E-state index is 12.7. The number of hydrazine groups is 1. The van der Waals surface area contributed by atoms with Crippen LogP contribution >= 0.6 is 11.3 Å². The fourth-order valence-corrected chi connectivity index (χ4v) is 2.93. The number of hydrogen-bond acceptors (Lipinski definition) is 3. The fourth-order valence-electron chi connectivity index (χ4n) is 1.99. The summed E-state index contributed by atoms with van der Waals surface area (Å²) >= 11 is 1.58. The normalized spacial score (nSPS) is 13.4. The highest BCUT2D eigenvalue weighted by Crippen LogP contribution is 2.31. The number of nitrogens with two attached hydrogens (primary N) is 1. The van der Waals surface area contributed by atoms with E-state index in [-0.39, 0.29) is 6.04 Å². The van der Waals surface area contributed by atoms with Crippen molar-refractivity contribution in [1.29, 1.82) is 0 Å². The van der Waals surface area contributed by atoms with Crippen molar-refractivity contribution in [2.75, 3.05) is 0 Å². The Morgan fingerprint density at radius 2 is 2.00 bits per heavy atom. The second kappa shape index (κ2) is 5.95. The molecule has 0 fully saturated rings. The lowest BCUT2D eigenvalue weighted by Crippen LogP contribution is -2.29. The highest BCUT2D eigenvalue weighted by atomic mass is 32.1. The Hall–Kier alpha value is -1.37. The number of halogens is 3. The molecule has 1 aromatic heterocycles. The van der Waals surface area contributed by atoms with Gasteiger partial charge in [-0.3, -0.25) is 11.3 Å². The van der Waals surface area contributed by atoms with Gasteiger partial charge >= 0.3 is 6.18 Å². The molecule has 0 radical (unpaired) electrons. The topological polar surface area (TPSA) is 38.0 Å². The second-order valence-electron chi connectivity index (χ2n) is 4.57. The van der Waals surface area contributed by atoms with E-state index in [1.807, 2.05) is 19.1 Å². The lowest BCUT2D eigenvalue weighted by Gasteiger charge is -2.15. The zero-order valence-electron chi connectivity index (χ0n) is 10.9. The van der Waals surface area contributed by atoms with Gasteiger partial charge < -0.3 is 0 Å². The van der Waals surface area contributed by atoms with Crippen LogP contribution in [0.2, 0.25) is 0 Å². The van der Waals surface area contributed by atoms with Crippen molar-refractivity contribution in [3.05, 3.63) is 57.3 Å². The van der Waals surface area contributed by atoms with Crippen molar-refractivity contribution in [3.8, 4) is 0 Å². The minimum absolute atomic E-state index is 0.183. The minimum atomic E-state index is -4.32. The van der Waals surface area contributed by atoms with E-state index in [0.29, 0.717) is 12.0 Å². The predicted molar refractivity (Wildman–Crippen MR) is 74.3 cm³/mol. The predicted octanol–water partition coefficient (Wildman–Crippen LogP) is 3.82. The molecular weight excluding hydrogens is 285 g/mol. The van der Waals surface area contributed by atoms with Crippen molar-refractivity contribution < 1.29 is 13.2 Å². The van der Waals surface area contributed by atoms with Crippen molar-refractivity contribution >= 4 is 11.3 Å². The second-order valence-corrected chi connectivity index (χ2v) is 5.89. The molecule has 0 aliphatic heterocycles. The molecule has 0 saturated carbocycles. The molecule has 6 heteroatoms. The third-order valence-corrected chi connectivity index (χ3v) is 4.11. The summed E-state index contributed by atoms with van der Waals surface area (Å²) in [5, 5.41) is 0. The van der Waals surface area contributed by atoms with E-state index >= 15 is 0 Å². The third-order valence-electron chi connectivity index (χ3n) is 3.00. The van der Waals surface area contributed by atoms with Crippen LogP contribution in [0.25, 0.3) is 0 Å². The van der Waals surface area contributed by atoms with Crippen LogP contribution in [-0.4, -0.2) is 0 Å². The first kappa shape index (κ1) is 15.0. The van der Waals surface area contributed by atoms with Gasteiger partial charge in [0.25, 0.3) is 0 Å². The van der Waals surface area contributed by atoms with Crippen molar-refractivity contribution in [3.63, 3.8) is 0 Å². The Kier molecular flexibility index (Phi) is 4.47. The molecule has 1 heterocycles. The fraction of sp³-hybridized carbons (Fsp3) is 0.286. The van der Waals surface area contributed by atoms with Crippen LogP contribution in [0.15, 0.2) is 36.4 Å². The summed E-state index contributed by atoms with van der Waals surface area (Å²) < 4.78 is 38.0. The van der Waals surface area contributed by atoms with Crippen molar-refractivity contribution in [2.24, 2.45) is 5.84 Å². The highest BCUT2D eigenvalue weighted by molar-refractivity contribution is 7.12. The van der Waals surface area contributed by atoms with Crippen molar-refractivity contribution in [1.82, 2.24) is 5.43 Å². The Morgan fingerprint density at radius 3 is 2.55 bits per heavy atom. The molecule has 2 aromatic rings. The molecule has 108 valence electrons. The molecule has 0 saturated heterocycles. The number of nitrogens with one attached hydrogen (secondary N) is 1. The van der Waals surface area contributed by atoms with Crippen LogP contribution in [0.1, 0.15) is 26.9 Å². The van der Waals surface area contributed by atoms with Gasteiger partial charge in [0.2, 0.25) is 0 Å². The monoisotopic (exact) mass is 300 g/mol. The molecule has 0 spiro atoms. The van der Waals surface area contributed by atoms with E-state index in [2.05, 4.69) is 5.43 Å². The standard InChI is InChI=1S/C14H15F3N2S/c1-9-5-6-13(20-9)12(19-18)8-10-3-2-4-11(7-10)14(15,16)17/h2-7,12,19H,8,18H2,1H3. The molecular formula is C14H15F3N2S. The highest BCUT2D eigenvalue weighted by Gasteiger charge is 2.30. The summed E-state index contributed by atoms with van der Waals surface area (Å²) in [7, 11) is 0. The van der Waals surface area contributed by atoms with Gasteiger partial charge in [-0.05, 0) is 37.1 Å². The zero-order valence-corrected chi connectivity index (χ0v) is 11.7. The molecule has 1 atom stereocenters. The molecule has 20 heavy (non-hydrogen) atoms. The Balaban J connectivity index is 2.20. The van der Waals surface area contributed by atoms with Gasteiger partial charge in [-0.2, -0.15) is 13.2 Å². The molecule has 0 aliphatic rings. The quantitative estimate of drug-likeness (QED) is 0.665. The molecule has 0 bridgehead atoms. The Morgan fingerprint density at radius 1 is 1.25 bits per heavy atom. The zero-order chi connectivity index (χ0) is 14.8. The first-order chi connectivity index (χ1) is 9.40. The summed E-state index contributed by atoms with van der Waals surface area (Å²) in [6, 6.07) is 9.08. The van der Waals surface area contributed by atoms with Crippen LogP contribution in [0.3, 0.4) is 0 Å². The van der Waals surface area contributed by atoms with Gasteiger partial charge in [-0.1, -0.05) is 18.2 Å². The van der Waals surface area contributed by atoms with E-state index in [1.165, 1.54) is 12.1 Å². The molecule has 1 unspecified atom stereocenters. The van der Waals surface area contributed by atoms with Gasteiger partial charge in [0.05, 0.1) is 11.6 Å². The summed E-state index contributed by atoms with van der Waals surface area (Å²) in [5.41, 5.74) is 2.64. The maximum absolute atomic E-state index is 12.7. The third kappa shape index (κ3) is 3.59.